The van der Waals surface area contributed by atoms with Crippen molar-refractivity contribution in [1.29, 1.82) is 0 Å². The molecule has 2 nitrogen and oxygen atoms in total. The van der Waals surface area contributed by atoms with Crippen LogP contribution in [-0.4, -0.2) is 54.9 Å². The minimum absolute atomic E-state index is 0.931. The van der Waals surface area contributed by atoms with Crippen LogP contribution in [0.4, 0.5) is 0 Å². The fourth-order valence-electron chi connectivity index (χ4n) is 2.36. The number of rotatable bonds is 1. The van der Waals surface area contributed by atoms with E-state index in [1.165, 1.54) is 38.6 Å². The summed E-state index contributed by atoms with van der Waals surface area (Å²) < 4.78 is 2.80. The van der Waals surface area contributed by atoms with Gasteiger partial charge in [0, 0.05) is 0 Å². The predicted molar refractivity (Wildman–Crippen MR) is 52.8 cm³/mol. The second kappa shape index (κ2) is 2.69. The molecular weight excluding hydrogens is 155 g/mol. The predicted octanol–water partition coefficient (Wildman–Crippen LogP) is 0.890. The summed E-state index contributed by atoms with van der Waals surface area (Å²) in [6, 6.07) is 0. The van der Waals surface area contributed by atoms with E-state index in [-0.39, 0.29) is 0 Å². The molecule has 0 aromatic rings. The number of hydrogen-bond donors (Lipinski definition) is 0. The van der Waals surface area contributed by atoms with Crippen LogP contribution in [-0.2, 0) is 0 Å². The second-order valence-electron chi connectivity index (χ2n) is 4.11. The second-order valence-corrected chi connectivity index (χ2v) is 8.76. The molecule has 0 spiro atoms. The summed E-state index contributed by atoms with van der Waals surface area (Å²) in [5.74, 6) is 0. The van der Waals surface area contributed by atoms with Gasteiger partial charge in [0.25, 0.3) is 0 Å². The molecule has 66 valence electrons. The summed E-state index contributed by atoms with van der Waals surface area (Å²) in [6.07, 6.45) is 2.87. The van der Waals surface area contributed by atoms with Gasteiger partial charge in [-0.15, -0.1) is 0 Å². The van der Waals surface area contributed by atoms with Gasteiger partial charge in [-0.25, -0.2) is 0 Å². The molecule has 3 heterocycles. The Morgan fingerprint density at radius 3 is 2.09 bits per heavy atom. The van der Waals surface area contributed by atoms with Gasteiger partial charge in [0.1, 0.15) is 0 Å². The van der Waals surface area contributed by atoms with Crippen LogP contribution < -0.4 is 0 Å². The van der Waals surface area contributed by atoms with E-state index in [4.69, 9.17) is 0 Å². The van der Waals surface area contributed by atoms with E-state index in [1.807, 2.05) is 0 Å². The Labute approximate surface area is 69.9 Å². The van der Waals surface area contributed by atoms with E-state index in [2.05, 4.69) is 23.2 Å². The summed E-state index contributed by atoms with van der Waals surface area (Å²) in [5, 5.41) is 0. The van der Waals surface area contributed by atoms with Gasteiger partial charge in [-0.05, 0) is 0 Å². The van der Waals surface area contributed by atoms with Crippen LogP contribution in [0.3, 0.4) is 0 Å². The maximum atomic E-state index is 2.80. The maximum absolute atomic E-state index is 2.80. The summed E-state index contributed by atoms with van der Waals surface area (Å²) >= 11 is 0. The molecule has 0 N–H and O–H groups in total. The van der Waals surface area contributed by atoms with Crippen LogP contribution >= 0.6 is 7.41 Å². The van der Waals surface area contributed by atoms with Crippen molar-refractivity contribution >= 4 is 7.41 Å². The molecule has 3 rings (SSSR count). The first-order chi connectivity index (χ1) is 5.24. The monoisotopic (exact) mass is 174 g/mol. The first-order valence-electron chi connectivity index (χ1n) is 4.72. The zero-order valence-electron chi connectivity index (χ0n) is 7.64. The molecule has 0 aromatic heterocycles. The number of nitrogens with zero attached hydrogens (tertiary/aromatic N) is 2. The zero-order chi connectivity index (χ0) is 7.90. The Hall–Kier alpha value is 0.350. The van der Waals surface area contributed by atoms with Gasteiger partial charge < -0.3 is 0 Å². The molecule has 3 aliphatic heterocycles. The van der Waals surface area contributed by atoms with Gasteiger partial charge >= 0.3 is 69.2 Å². The molecule has 0 radical (unpaired) electrons. The third kappa shape index (κ3) is 1.22. The van der Waals surface area contributed by atoms with Crippen molar-refractivity contribution in [3.8, 4) is 0 Å². The van der Waals surface area contributed by atoms with Gasteiger partial charge in [-0.1, -0.05) is 0 Å². The van der Waals surface area contributed by atoms with Crippen LogP contribution in [0.2, 0.25) is 0 Å². The van der Waals surface area contributed by atoms with Crippen molar-refractivity contribution < 1.29 is 0 Å². The summed E-state index contributed by atoms with van der Waals surface area (Å²) in [6.45, 7) is 10.3. The molecule has 0 amide bonds. The standard InChI is InChI=1S/C8H19N2P/c1-3-11(2)8-9-4-6-10(11)7-5-9/h11H,3-8H2,1-2H3. The molecule has 3 aliphatic rings. The fraction of sp³-hybridized carbons (Fsp3) is 1.00. The molecule has 0 aromatic carbocycles. The van der Waals surface area contributed by atoms with Gasteiger partial charge in [0.15, 0.2) is 0 Å². The molecule has 0 unspecified atom stereocenters. The summed E-state index contributed by atoms with van der Waals surface area (Å²) in [5.41, 5.74) is 0. The Morgan fingerprint density at radius 1 is 1.18 bits per heavy atom. The van der Waals surface area contributed by atoms with E-state index in [9.17, 15) is 0 Å². The Balaban J connectivity index is 2.13. The van der Waals surface area contributed by atoms with Gasteiger partial charge in [-0.2, -0.15) is 0 Å². The molecule has 3 saturated heterocycles. The number of fused-ring (bicyclic) bond motifs is 3. The quantitative estimate of drug-likeness (QED) is 0.545. The van der Waals surface area contributed by atoms with Crippen molar-refractivity contribution in [3.63, 3.8) is 0 Å². The molecule has 0 saturated carbocycles. The SMILES string of the molecule is CC[PH]1(C)CN2CCN1CC2. The van der Waals surface area contributed by atoms with Crippen molar-refractivity contribution in [2.75, 3.05) is 45.3 Å². The molecule has 11 heavy (non-hydrogen) atoms. The minimum atomic E-state index is -0.931. The van der Waals surface area contributed by atoms with Crippen LogP contribution in [0, 0.1) is 0 Å². The summed E-state index contributed by atoms with van der Waals surface area (Å²) in [7, 11) is -0.931. The van der Waals surface area contributed by atoms with E-state index in [1.54, 1.807) is 0 Å². The molecule has 3 fully saturated rings. The van der Waals surface area contributed by atoms with E-state index >= 15 is 0 Å². The average Bonchev–Trinajstić information content (AvgIpc) is 2.06. The molecule has 0 aliphatic carbocycles. The van der Waals surface area contributed by atoms with Crippen molar-refractivity contribution in [3.05, 3.63) is 0 Å². The van der Waals surface area contributed by atoms with Crippen LogP contribution in [0.1, 0.15) is 6.92 Å². The molecule has 0 atom stereocenters. The van der Waals surface area contributed by atoms with E-state index in [0.29, 0.717) is 0 Å². The van der Waals surface area contributed by atoms with Gasteiger partial charge in [-0.3, -0.25) is 0 Å². The topological polar surface area (TPSA) is 6.48 Å². The average molecular weight is 174 g/mol. The third-order valence-electron chi connectivity index (χ3n) is 3.46. The summed E-state index contributed by atoms with van der Waals surface area (Å²) in [4.78, 5) is 2.66. The Bertz CT molecular complexity index is 154. The zero-order valence-corrected chi connectivity index (χ0v) is 8.64. The normalized spacial score (nSPS) is 43.8. The van der Waals surface area contributed by atoms with Gasteiger partial charge in [0.05, 0.1) is 0 Å². The molecular formula is C8H19N2P. The Kier molecular flexibility index (Phi) is 1.95. The molecule has 3 heteroatoms. The van der Waals surface area contributed by atoms with Gasteiger partial charge in [0.2, 0.25) is 0 Å². The fourth-order valence-corrected chi connectivity index (χ4v) is 5.79. The van der Waals surface area contributed by atoms with E-state index in [0.717, 1.165) is 0 Å². The first-order valence-corrected chi connectivity index (χ1v) is 7.58. The third-order valence-corrected chi connectivity index (χ3v) is 8.09. The van der Waals surface area contributed by atoms with Crippen LogP contribution in [0.5, 0.6) is 0 Å². The first kappa shape index (κ1) is 7.97. The molecule has 2 bridgehead atoms. The van der Waals surface area contributed by atoms with Crippen LogP contribution in [0.15, 0.2) is 0 Å². The number of piperazine rings is 1. The van der Waals surface area contributed by atoms with Crippen molar-refractivity contribution in [1.82, 2.24) is 9.57 Å². The van der Waals surface area contributed by atoms with Crippen LogP contribution in [0.25, 0.3) is 0 Å². The Morgan fingerprint density at radius 2 is 1.82 bits per heavy atom. The van der Waals surface area contributed by atoms with Crippen molar-refractivity contribution in [2.45, 2.75) is 6.92 Å². The van der Waals surface area contributed by atoms with Crippen molar-refractivity contribution in [2.24, 2.45) is 0 Å². The number of hydrogen-bond acceptors (Lipinski definition) is 2. The van der Waals surface area contributed by atoms with E-state index < -0.39 is 7.41 Å².